The highest BCUT2D eigenvalue weighted by Gasteiger charge is 2.30. The summed E-state index contributed by atoms with van der Waals surface area (Å²) in [7, 11) is 1.55. The van der Waals surface area contributed by atoms with Crippen molar-refractivity contribution >= 4 is 17.6 Å². The number of methoxy groups -OCH3 is 1. The fraction of sp³-hybridized carbons (Fsp3) is 0.588. The molecule has 8 heteroatoms. The summed E-state index contributed by atoms with van der Waals surface area (Å²) in [4.78, 5) is 32.4. The van der Waals surface area contributed by atoms with Crippen LogP contribution in [0.5, 0.6) is 5.88 Å². The van der Waals surface area contributed by atoms with Crippen molar-refractivity contribution < 1.29 is 14.3 Å². The van der Waals surface area contributed by atoms with Crippen LogP contribution in [0.1, 0.15) is 19.8 Å². The number of ether oxygens (including phenoxy) is 1. The first-order valence-electron chi connectivity index (χ1n) is 8.67. The zero-order valence-electron chi connectivity index (χ0n) is 14.7. The van der Waals surface area contributed by atoms with E-state index in [1.807, 2.05) is 6.92 Å². The molecule has 1 atom stereocenters. The van der Waals surface area contributed by atoms with Crippen LogP contribution in [0.3, 0.4) is 0 Å². The van der Waals surface area contributed by atoms with Crippen LogP contribution >= 0.6 is 0 Å². The molecular formula is C17H25N5O3. The van der Waals surface area contributed by atoms with Gasteiger partial charge < -0.3 is 20.3 Å². The van der Waals surface area contributed by atoms with E-state index in [2.05, 4.69) is 20.5 Å². The SMILES string of the molecule is COc1ccc(NC(=O)N2CCN([C@@H](C)C(=O)NC3CC3)CC2)cn1. The van der Waals surface area contributed by atoms with E-state index in [4.69, 9.17) is 4.74 Å². The van der Waals surface area contributed by atoms with Crippen molar-refractivity contribution in [1.82, 2.24) is 20.1 Å². The Hall–Kier alpha value is -2.35. The average Bonchev–Trinajstić information content (AvgIpc) is 3.45. The summed E-state index contributed by atoms with van der Waals surface area (Å²) in [5, 5.41) is 5.87. The van der Waals surface area contributed by atoms with Crippen LogP contribution in [0, 0.1) is 0 Å². The number of hydrogen-bond acceptors (Lipinski definition) is 5. The number of pyridine rings is 1. The number of nitrogens with zero attached hydrogens (tertiary/aromatic N) is 3. The number of nitrogens with one attached hydrogen (secondary N) is 2. The molecule has 3 rings (SSSR count). The smallest absolute Gasteiger partial charge is 0.321 e. The number of carbonyl (C=O) groups excluding carboxylic acids is 2. The number of urea groups is 1. The van der Waals surface area contributed by atoms with Gasteiger partial charge in [-0.25, -0.2) is 9.78 Å². The molecular weight excluding hydrogens is 322 g/mol. The minimum absolute atomic E-state index is 0.0877. The van der Waals surface area contributed by atoms with E-state index in [1.54, 1.807) is 30.3 Å². The van der Waals surface area contributed by atoms with Gasteiger partial charge in [0.15, 0.2) is 0 Å². The molecule has 0 spiro atoms. The molecule has 0 bridgehead atoms. The minimum Gasteiger partial charge on any atom is -0.481 e. The molecule has 1 aromatic rings. The largest absolute Gasteiger partial charge is 0.481 e. The van der Waals surface area contributed by atoms with E-state index in [9.17, 15) is 9.59 Å². The Morgan fingerprint density at radius 3 is 2.52 bits per heavy atom. The standard InChI is InChI=1S/C17H25N5O3/c1-12(16(23)19-13-3-4-13)21-7-9-22(10-8-21)17(24)20-14-5-6-15(25-2)18-11-14/h5-6,11-13H,3-4,7-10H2,1-2H3,(H,19,23)(H,20,24)/t12-/m0/s1. The van der Waals surface area contributed by atoms with Gasteiger partial charge >= 0.3 is 6.03 Å². The van der Waals surface area contributed by atoms with Gasteiger partial charge in [-0.15, -0.1) is 0 Å². The molecule has 1 aromatic heterocycles. The van der Waals surface area contributed by atoms with E-state index in [1.165, 1.54) is 0 Å². The first-order chi connectivity index (χ1) is 12.1. The highest BCUT2D eigenvalue weighted by Crippen LogP contribution is 2.19. The summed E-state index contributed by atoms with van der Waals surface area (Å²) in [6.45, 7) is 4.49. The fourth-order valence-corrected chi connectivity index (χ4v) is 2.81. The zero-order valence-corrected chi connectivity index (χ0v) is 14.7. The maximum Gasteiger partial charge on any atom is 0.321 e. The molecule has 25 heavy (non-hydrogen) atoms. The fourth-order valence-electron chi connectivity index (χ4n) is 2.81. The summed E-state index contributed by atoms with van der Waals surface area (Å²) in [5.74, 6) is 0.592. The van der Waals surface area contributed by atoms with Crippen LogP contribution in [0.4, 0.5) is 10.5 Å². The van der Waals surface area contributed by atoms with Crippen molar-refractivity contribution in [3.05, 3.63) is 18.3 Å². The van der Waals surface area contributed by atoms with Crippen LogP contribution in [0.15, 0.2) is 18.3 Å². The van der Waals surface area contributed by atoms with Crippen LogP contribution < -0.4 is 15.4 Å². The zero-order chi connectivity index (χ0) is 17.8. The van der Waals surface area contributed by atoms with Crippen LogP contribution in [-0.4, -0.2) is 72.1 Å². The first-order valence-corrected chi connectivity index (χ1v) is 8.67. The third kappa shape index (κ3) is 4.60. The van der Waals surface area contributed by atoms with Crippen molar-refractivity contribution in [2.45, 2.75) is 31.8 Å². The average molecular weight is 347 g/mol. The maximum atomic E-state index is 12.3. The van der Waals surface area contributed by atoms with E-state index in [-0.39, 0.29) is 18.0 Å². The lowest BCUT2D eigenvalue weighted by molar-refractivity contribution is -0.126. The monoisotopic (exact) mass is 347 g/mol. The number of hydrogen-bond donors (Lipinski definition) is 2. The summed E-state index contributed by atoms with van der Waals surface area (Å²) >= 11 is 0. The Morgan fingerprint density at radius 2 is 1.96 bits per heavy atom. The molecule has 0 radical (unpaired) electrons. The van der Waals surface area contributed by atoms with E-state index < -0.39 is 0 Å². The third-order valence-electron chi connectivity index (χ3n) is 4.65. The van der Waals surface area contributed by atoms with E-state index in [0.717, 1.165) is 12.8 Å². The predicted molar refractivity (Wildman–Crippen MR) is 93.6 cm³/mol. The second kappa shape index (κ2) is 7.69. The van der Waals surface area contributed by atoms with Gasteiger partial charge in [-0.2, -0.15) is 0 Å². The van der Waals surface area contributed by atoms with E-state index >= 15 is 0 Å². The van der Waals surface area contributed by atoms with Gasteiger partial charge in [0.2, 0.25) is 11.8 Å². The Bertz CT molecular complexity index is 609. The van der Waals surface area contributed by atoms with Gasteiger partial charge in [0.1, 0.15) is 0 Å². The quantitative estimate of drug-likeness (QED) is 0.827. The van der Waals surface area contributed by atoms with Gasteiger partial charge in [-0.3, -0.25) is 9.69 Å². The Balaban J connectivity index is 1.45. The number of rotatable bonds is 5. The maximum absolute atomic E-state index is 12.3. The second-order valence-electron chi connectivity index (χ2n) is 6.50. The van der Waals surface area contributed by atoms with E-state index in [0.29, 0.717) is 43.8 Å². The molecule has 0 aromatic carbocycles. The van der Waals surface area contributed by atoms with Gasteiger partial charge in [-0.1, -0.05) is 0 Å². The highest BCUT2D eigenvalue weighted by molar-refractivity contribution is 5.89. The number of aromatic nitrogens is 1. The lowest BCUT2D eigenvalue weighted by Gasteiger charge is -2.37. The molecule has 1 saturated carbocycles. The molecule has 2 aliphatic rings. The van der Waals surface area contributed by atoms with Gasteiger partial charge in [0.25, 0.3) is 0 Å². The molecule has 8 nitrogen and oxygen atoms in total. The normalized spacial score (nSPS) is 19.2. The molecule has 3 amide bonds. The molecule has 2 N–H and O–H groups in total. The van der Waals surface area contributed by atoms with Crippen molar-refractivity contribution in [3.8, 4) is 5.88 Å². The number of anilines is 1. The Labute approximate surface area is 147 Å². The number of piperazine rings is 1. The summed E-state index contributed by atoms with van der Waals surface area (Å²) < 4.78 is 5.00. The molecule has 1 aliphatic heterocycles. The number of carbonyl (C=O) groups is 2. The summed E-state index contributed by atoms with van der Waals surface area (Å²) in [6, 6.07) is 3.52. The minimum atomic E-state index is -0.156. The molecule has 136 valence electrons. The van der Waals surface area contributed by atoms with Gasteiger partial charge in [-0.05, 0) is 25.8 Å². The van der Waals surface area contributed by atoms with Crippen molar-refractivity contribution in [2.75, 3.05) is 38.6 Å². The van der Waals surface area contributed by atoms with Gasteiger partial charge in [0, 0.05) is 38.3 Å². The first kappa shape index (κ1) is 17.5. The Kier molecular flexibility index (Phi) is 5.37. The molecule has 0 unspecified atom stereocenters. The lowest BCUT2D eigenvalue weighted by atomic mass is 10.2. The Morgan fingerprint density at radius 1 is 1.24 bits per heavy atom. The second-order valence-corrected chi connectivity index (χ2v) is 6.50. The van der Waals surface area contributed by atoms with Crippen LogP contribution in [-0.2, 0) is 4.79 Å². The predicted octanol–water partition coefficient (Wildman–Crippen LogP) is 0.907. The molecule has 2 heterocycles. The summed E-state index contributed by atoms with van der Waals surface area (Å²) in [5.41, 5.74) is 0.630. The molecule has 1 aliphatic carbocycles. The molecule has 1 saturated heterocycles. The summed E-state index contributed by atoms with van der Waals surface area (Å²) in [6.07, 6.45) is 3.75. The third-order valence-corrected chi connectivity index (χ3v) is 4.65. The van der Waals surface area contributed by atoms with Crippen LogP contribution in [0.2, 0.25) is 0 Å². The lowest BCUT2D eigenvalue weighted by Crippen LogP contribution is -2.55. The topological polar surface area (TPSA) is 86.8 Å². The van der Waals surface area contributed by atoms with Gasteiger partial charge in [0.05, 0.1) is 25.0 Å². The molecule has 2 fully saturated rings. The number of amides is 3. The van der Waals surface area contributed by atoms with Crippen molar-refractivity contribution in [2.24, 2.45) is 0 Å². The van der Waals surface area contributed by atoms with Crippen molar-refractivity contribution in [1.29, 1.82) is 0 Å². The highest BCUT2D eigenvalue weighted by atomic mass is 16.5. The van der Waals surface area contributed by atoms with Crippen molar-refractivity contribution in [3.63, 3.8) is 0 Å². The van der Waals surface area contributed by atoms with Crippen LogP contribution in [0.25, 0.3) is 0 Å².